The number of likely N-dealkylation sites (tertiary alicyclic amines) is 1. The quantitative estimate of drug-likeness (QED) is 0.711. The number of hydrogen-bond acceptors (Lipinski definition) is 6. The van der Waals surface area contributed by atoms with E-state index in [1.807, 2.05) is 0 Å². The number of fused-ring (bicyclic) bond motifs is 1. The van der Waals surface area contributed by atoms with Crippen molar-refractivity contribution in [2.45, 2.75) is 37.0 Å². The predicted octanol–water partition coefficient (Wildman–Crippen LogP) is 1.56. The standard InChI is InChI=1S/C21H31N3O5S/c25-21(17-22-8-4-2-1-3-5-9-22)23-10-12-24(13-11-23)30(26,27)18-6-7-19-20(16-18)29-15-14-28-19/h6-7,16H,1-5,8-15,17H2. The molecule has 3 aliphatic heterocycles. The van der Waals surface area contributed by atoms with E-state index >= 15 is 0 Å². The van der Waals surface area contributed by atoms with Crippen LogP contribution in [-0.4, -0.2) is 87.5 Å². The molecule has 0 N–H and O–H groups in total. The number of carbonyl (C=O) groups is 1. The first-order valence-electron chi connectivity index (χ1n) is 10.9. The van der Waals surface area contributed by atoms with Crippen LogP contribution in [0.5, 0.6) is 11.5 Å². The molecule has 2 fully saturated rings. The minimum atomic E-state index is -3.63. The van der Waals surface area contributed by atoms with Gasteiger partial charge in [-0.1, -0.05) is 19.3 Å². The summed E-state index contributed by atoms with van der Waals surface area (Å²) >= 11 is 0. The molecule has 30 heavy (non-hydrogen) atoms. The maximum atomic E-state index is 13.1. The average Bonchev–Trinajstić information content (AvgIpc) is 2.75. The molecule has 9 heteroatoms. The summed E-state index contributed by atoms with van der Waals surface area (Å²) in [5.74, 6) is 1.14. The maximum absolute atomic E-state index is 13.1. The second-order valence-electron chi connectivity index (χ2n) is 8.13. The first-order chi connectivity index (χ1) is 14.5. The third-order valence-electron chi connectivity index (χ3n) is 6.05. The van der Waals surface area contributed by atoms with E-state index in [1.54, 1.807) is 17.0 Å². The first-order valence-corrected chi connectivity index (χ1v) is 12.4. The molecule has 8 nitrogen and oxygen atoms in total. The molecule has 0 atom stereocenters. The van der Waals surface area contributed by atoms with Gasteiger partial charge < -0.3 is 14.4 Å². The number of sulfonamides is 1. The molecule has 0 unspecified atom stereocenters. The van der Waals surface area contributed by atoms with Crippen LogP contribution in [0.1, 0.15) is 32.1 Å². The van der Waals surface area contributed by atoms with E-state index in [1.165, 1.54) is 29.6 Å². The molecule has 1 aromatic carbocycles. The summed E-state index contributed by atoms with van der Waals surface area (Å²) in [5, 5.41) is 0. The Hall–Kier alpha value is -1.84. The van der Waals surface area contributed by atoms with Crippen molar-refractivity contribution in [3.63, 3.8) is 0 Å². The van der Waals surface area contributed by atoms with Gasteiger partial charge in [-0.05, 0) is 38.1 Å². The Morgan fingerprint density at radius 2 is 1.47 bits per heavy atom. The molecule has 1 amide bonds. The monoisotopic (exact) mass is 437 g/mol. The van der Waals surface area contributed by atoms with Gasteiger partial charge in [-0.3, -0.25) is 9.69 Å². The fraction of sp³-hybridized carbons (Fsp3) is 0.667. The lowest BCUT2D eigenvalue weighted by molar-refractivity contribution is -0.133. The van der Waals surface area contributed by atoms with Crippen LogP contribution < -0.4 is 9.47 Å². The van der Waals surface area contributed by atoms with Crippen LogP contribution in [0.25, 0.3) is 0 Å². The average molecular weight is 438 g/mol. The van der Waals surface area contributed by atoms with Crippen molar-refractivity contribution in [1.29, 1.82) is 0 Å². The van der Waals surface area contributed by atoms with Crippen LogP contribution in [0.15, 0.2) is 23.1 Å². The fourth-order valence-electron chi connectivity index (χ4n) is 4.27. The zero-order valence-corrected chi connectivity index (χ0v) is 18.2. The number of nitrogens with zero attached hydrogens (tertiary/aromatic N) is 3. The molecule has 0 aromatic heterocycles. The van der Waals surface area contributed by atoms with E-state index in [4.69, 9.17) is 9.47 Å². The second kappa shape index (κ2) is 9.53. The summed E-state index contributed by atoms with van der Waals surface area (Å²) in [4.78, 5) is 17.0. The van der Waals surface area contributed by atoms with E-state index in [-0.39, 0.29) is 10.8 Å². The number of rotatable bonds is 4. The highest BCUT2D eigenvalue weighted by Gasteiger charge is 2.31. The molecule has 1 aromatic rings. The first kappa shape index (κ1) is 21.4. The Labute approximate surface area is 178 Å². The number of ether oxygens (including phenoxy) is 2. The van der Waals surface area contributed by atoms with Gasteiger partial charge in [0.2, 0.25) is 15.9 Å². The van der Waals surface area contributed by atoms with Crippen molar-refractivity contribution in [2.75, 3.05) is 59.0 Å². The normalized spacial score (nSPS) is 21.7. The smallest absolute Gasteiger partial charge is 0.243 e. The zero-order chi connectivity index (χ0) is 21.0. The van der Waals surface area contributed by atoms with Gasteiger partial charge >= 0.3 is 0 Å². The predicted molar refractivity (Wildman–Crippen MR) is 112 cm³/mol. The molecule has 3 heterocycles. The van der Waals surface area contributed by atoms with E-state index in [2.05, 4.69) is 4.90 Å². The number of carbonyl (C=O) groups excluding carboxylic acids is 1. The van der Waals surface area contributed by atoms with Crippen LogP contribution in [0.4, 0.5) is 0 Å². The van der Waals surface area contributed by atoms with E-state index < -0.39 is 10.0 Å². The van der Waals surface area contributed by atoms with Crippen molar-refractivity contribution in [3.8, 4) is 11.5 Å². The molecular weight excluding hydrogens is 406 g/mol. The molecule has 0 aliphatic carbocycles. The second-order valence-corrected chi connectivity index (χ2v) is 10.1. The number of piperazine rings is 1. The van der Waals surface area contributed by atoms with Crippen molar-refractivity contribution in [2.24, 2.45) is 0 Å². The van der Waals surface area contributed by atoms with Crippen LogP contribution in [0, 0.1) is 0 Å². The number of amides is 1. The van der Waals surface area contributed by atoms with Crippen molar-refractivity contribution in [1.82, 2.24) is 14.1 Å². The molecule has 2 saturated heterocycles. The zero-order valence-electron chi connectivity index (χ0n) is 17.4. The summed E-state index contributed by atoms with van der Waals surface area (Å²) in [7, 11) is -3.63. The number of benzene rings is 1. The number of hydrogen-bond donors (Lipinski definition) is 0. The topological polar surface area (TPSA) is 79.4 Å². The Bertz CT molecular complexity index is 844. The SMILES string of the molecule is O=C(CN1CCCCCCC1)N1CCN(S(=O)(=O)c2ccc3c(c2)OCCO3)CC1. The Morgan fingerprint density at radius 1 is 0.833 bits per heavy atom. The molecule has 4 rings (SSSR count). The molecular formula is C21H31N3O5S. The van der Waals surface area contributed by atoms with Gasteiger partial charge in [-0.25, -0.2) is 8.42 Å². The summed E-state index contributed by atoms with van der Waals surface area (Å²) in [6.45, 7) is 4.74. The highest BCUT2D eigenvalue weighted by Crippen LogP contribution is 2.33. The molecule has 0 saturated carbocycles. The maximum Gasteiger partial charge on any atom is 0.243 e. The summed E-state index contributed by atoms with van der Waals surface area (Å²) in [6, 6.07) is 4.73. The van der Waals surface area contributed by atoms with Crippen molar-refractivity contribution < 1.29 is 22.7 Å². The van der Waals surface area contributed by atoms with Crippen LogP contribution >= 0.6 is 0 Å². The highest BCUT2D eigenvalue weighted by atomic mass is 32.2. The molecule has 0 bridgehead atoms. The van der Waals surface area contributed by atoms with Crippen molar-refractivity contribution >= 4 is 15.9 Å². The van der Waals surface area contributed by atoms with E-state index in [0.717, 1.165) is 25.9 Å². The Kier molecular flexibility index (Phi) is 6.80. The van der Waals surface area contributed by atoms with Gasteiger partial charge in [0.1, 0.15) is 13.2 Å². The lowest BCUT2D eigenvalue weighted by Crippen LogP contribution is -2.52. The van der Waals surface area contributed by atoms with Gasteiger partial charge in [0.25, 0.3) is 0 Å². The largest absolute Gasteiger partial charge is 0.486 e. The van der Waals surface area contributed by atoms with E-state index in [9.17, 15) is 13.2 Å². The van der Waals surface area contributed by atoms with E-state index in [0.29, 0.717) is 57.4 Å². The molecule has 3 aliphatic rings. The fourth-order valence-corrected chi connectivity index (χ4v) is 5.71. The molecule has 0 radical (unpaired) electrons. The molecule has 0 spiro atoms. The van der Waals surface area contributed by atoms with Crippen LogP contribution in [0.3, 0.4) is 0 Å². The third kappa shape index (κ3) is 4.90. The van der Waals surface area contributed by atoms with Gasteiger partial charge in [-0.2, -0.15) is 4.31 Å². The summed E-state index contributed by atoms with van der Waals surface area (Å²) < 4.78 is 38.6. The van der Waals surface area contributed by atoms with Gasteiger partial charge in [0.15, 0.2) is 11.5 Å². The lowest BCUT2D eigenvalue weighted by atomic mass is 10.1. The van der Waals surface area contributed by atoms with Gasteiger partial charge in [-0.15, -0.1) is 0 Å². The Balaban J connectivity index is 1.33. The lowest BCUT2D eigenvalue weighted by Gasteiger charge is -2.35. The van der Waals surface area contributed by atoms with Crippen molar-refractivity contribution in [3.05, 3.63) is 18.2 Å². The highest BCUT2D eigenvalue weighted by molar-refractivity contribution is 7.89. The summed E-state index contributed by atoms with van der Waals surface area (Å²) in [5.41, 5.74) is 0. The minimum Gasteiger partial charge on any atom is -0.486 e. The minimum absolute atomic E-state index is 0.104. The Morgan fingerprint density at radius 3 is 2.17 bits per heavy atom. The molecule has 166 valence electrons. The van der Waals surface area contributed by atoms with Crippen LogP contribution in [0.2, 0.25) is 0 Å². The summed E-state index contributed by atoms with van der Waals surface area (Å²) in [6.07, 6.45) is 6.06. The van der Waals surface area contributed by atoms with Gasteiger partial charge in [0, 0.05) is 32.2 Å². The third-order valence-corrected chi connectivity index (χ3v) is 7.94. The van der Waals surface area contributed by atoms with Crippen LogP contribution in [-0.2, 0) is 14.8 Å². The van der Waals surface area contributed by atoms with Gasteiger partial charge in [0.05, 0.1) is 11.4 Å².